The number of aliphatic hydroxyl groups excluding tert-OH is 1. The second-order valence-electron chi connectivity index (χ2n) is 4.64. The first-order valence-corrected chi connectivity index (χ1v) is 5.68. The molecule has 1 rings (SSSR count). The van der Waals surface area contributed by atoms with Gasteiger partial charge in [0.1, 0.15) is 0 Å². The molecule has 1 aliphatic carbocycles. The second-order valence-corrected chi connectivity index (χ2v) is 4.64. The first-order chi connectivity index (χ1) is 7.13. The number of hydrogen-bond donors (Lipinski definition) is 2. The molecule has 0 radical (unpaired) electrons. The first-order valence-electron chi connectivity index (χ1n) is 5.68. The molecule has 0 saturated heterocycles. The molecule has 4 heteroatoms. The Kier molecular flexibility index (Phi) is 5.05. The van der Waals surface area contributed by atoms with Gasteiger partial charge < -0.3 is 15.3 Å². The molecule has 88 valence electrons. The third kappa shape index (κ3) is 4.18. The van der Waals surface area contributed by atoms with E-state index in [-0.39, 0.29) is 24.5 Å². The Morgan fingerprint density at radius 2 is 2.07 bits per heavy atom. The minimum Gasteiger partial charge on any atom is -0.396 e. The van der Waals surface area contributed by atoms with Crippen LogP contribution in [0.25, 0.3) is 0 Å². The fourth-order valence-corrected chi connectivity index (χ4v) is 2.16. The molecular weight excluding hydrogens is 192 g/mol. The Labute approximate surface area is 91.6 Å². The Balaban J connectivity index is 2.37. The van der Waals surface area contributed by atoms with Crippen molar-refractivity contribution in [3.8, 4) is 0 Å². The Morgan fingerprint density at radius 1 is 1.40 bits per heavy atom. The largest absolute Gasteiger partial charge is 0.396 e. The van der Waals surface area contributed by atoms with Crippen LogP contribution in [0, 0.1) is 5.92 Å². The van der Waals surface area contributed by atoms with E-state index in [9.17, 15) is 9.90 Å². The van der Waals surface area contributed by atoms with Gasteiger partial charge in [0.2, 0.25) is 5.91 Å². The van der Waals surface area contributed by atoms with Crippen LogP contribution in [-0.4, -0.2) is 49.2 Å². The van der Waals surface area contributed by atoms with E-state index in [0.29, 0.717) is 6.54 Å². The van der Waals surface area contributed by atoms with Crippen molar-refractivity contribution in [1.29, 1.82) is 0 Å². The van der Waals surface area contributed by atoms with Crippen molar-refractivity contribution in [2.24, 2.45) is 5.92 Å². The van der Waals surface area contributed by atoms with E-state index in [4.69, 9.17) is 0 Å². The average molecular weight is 214 g/mol. The van der Waals surface area contributed by atoms with Crippen molar-refractivity contribution in [2.45, 2.75) is 31.7 Å². The van der Waals surface area contributed by atoms with Gasteiger partial charge in [-0.3, -0.25) is 4.79 Å². The van der Waals surface area contributed by atoms with Crippen molar-refractivity contribution < 1.29 is 9.90 Å². The van der Waals surface area contributed by atoms with Gasteiger partial charge >= 0.3 is 0 Å². The van der Waals surface area contributed by atoms with Gasteiger partial charge in [-0.2, -0.15) is 0 Å². The van der Waals surface area contributed by atoms with E-state index < -0.39 is 0 Å². The second kappa shape index (κ2) is 6.08. The van der Waals surface area contributed by atoms with Gasteiger partial charge in [0.25, 0.3) is 0 Å². The lowest BCUT2D eigenvalue weighted by molar-refractivity contribution is -0.123. The van der Waals surface area contributed by atoms with E-state index in [1.54, 1.807) is 0 Å². The molecule has 0 spiro atoms. The van der Waals surface area contributed by atoms with Crippen molar-refractivity contribution in [1.82, 2.24) is 10.2 Å². The molecular formula is C11H22N2O2. The number of nitrogens with zero attached hydrogens (tertiary/aromatic N) is 1. The SMILES string of the molecule is CN(C)CC(=O)NC1CCCCC1CO. The van der Waals surface area contributed by atoms with Crippen molar-refractivity contribution in [2.75, 3.05) is 27.2 Å². The van der Waals surface area contributed by atoms with Crippen LogP contribution in [0.3, 0.4) is 0 Å². The van der Waals surface area contributed by atoms with Crippen molar-refractivity contribution in [3.05, 3.63) is 0 Å². The maximum absolute atomic E-state index is 11.5. The Hall–Kier alpha value is -0.610. The fourth-order valence-electron chi connectivity index (χ4n) is 2.16. The van der Waals surface area contributed by atoms with E-state index in [2.05, 4.69) is 5.32 Å². The van der Waals surface area contributed by atoms with E-state index in [1.165, 1.54) is 6.42 Å². The summed E-state index contributed by atoms with van der Waals surface area (Å²) in [4.78, 5) is 13.4. The predicted octanol–water partition coefficient (Wildman–Crippen LogP) is 0.215. The first kappa shape index (κ1) is 12.5. The number of hydrogen-bond acceptors (Lipinski definition) is 3. The maximum Gasteiger partial charge on any atom is 0.234 e. The summed E-state index contributed by atoms with van der Waals surface area (Å²) in [6.45, 7) is 0.613. The van der Waals surface area contributed by atoms with Gasteiger partial charge in [0.15, 0.2) is 0 Å². The summed E-state index contributed by atoms with van der Waals surface area (Å²) < 4.78 is 0. The van der Waals surface area contributed by atoms with Gasteiger partial charge in [-0.25, -0.2) is 0 Å². The maximum atomic E-state index is 11.5. The molecule has 2 atom stereocenters. The van der Waals surface area contributed by atoms with E-state index >= 15 is 0 Å². The summed E-state index contributed by atoms with van der Waals surface area (Å²) in [5, 5.41) is 12.2. The molecule has 2 N–H and O–H groups in total. The lowest BCUT2D eigenvalue weighted by atomic mass is 9.85. The van der Waals surface area contributed by atoms with Gasteiger partial charge in [-0.1, -0.05) is 12.8 Å². The minimum absolute atomic E-state index is 0.0605. The highest BCUT2D eigenvalue weighted by Gasteiger charge is 2.25. The number of aliphatic hydroxyl groups is 1. The molecule has 2 unspecified atom stereocenters. The third-order valence-corrected chi connectivity index (χ3v) is 2.95. The molecule has 4 nitrogen and oxygen atoms in total. The number of rotatable bonds is 4. The zero-order valence-corrected chi connectivity index (χ0v) is 9.70. The minimum atomic E-state index is 0.0605. The van der Waals surface area contributed by atoms with Gasteiger partial charge in [-0.15, -0.1) is 0 Å². The zero-order chi connectivity index (χ0) is 11.3. The molecule has 0 aliphatic heterocycles. The van der Waals surface area contributed by atoms with Gasteiger partial charge in [0.05, 0.1) is 6.54 Å². The highest BCUT2D eigenvalue weighted by Crippen LogP contribution is 2.23. The topological polar surface area (TPSA) is 52.6 Å². The number of carbonyl (C=O) groups excluding carboxylic acids is 1. The lowest BCUT2D eigenvalue weighted by Gasteiger charge is -2.31. The van der Waals surface area contributed by atoms with Crippen LogP contribution in [0.2, 0.25) is 0 Å². The third-order valence-electron chi connectivity index (χ3n) is 2.95. The van der Waals surface area contributed by atoms with Crippen LogP contribution >= 0.6 is 0 Å². The van der Waals surface area contributed by atoms with Crippen LogP contribution in [-0.2, 0) is 4.79 Å². The standard InChI is InChI=1S/C11H22N2O2/c1-13(2)7-11(15)12-10-6-4-3-5-9(10)8-14/h9-10,14H,3-8H2,1-2H3,(H,12,15). The molecule has 0 aromatic heterocycles. The predicted molar refractivity (Wildman–Crippen MR) is 59.5 cm³/mol. The molecule has 1 fully saturated rings. The summed E-state index contributed by atoms with van der Waals surface area (Å²) in [5.41, 5.74) is 0. The number of nitrogens with one attached hydrogen (secondary N) is 1. The van der Waals surface area contributed by atoms with Gasteiger partial charge in [0, 0.05) is 18.6 Å². The summed E-state index contributed by atoms with van der Waals surface area (Å²) in [6, 6.07) is 0.177. The fraction of sp³-hybridized carbons (Fsp3) is 0.909. The van der Waals surface area contributed by atoms with Crippen LogP contribution in [0.1, 0.15) is 25.7 Å². The summed E-state index contributed by atoms with van der Waals surface area (Å²) in [6.07, 6.45) is 4.36. The van der Waals surface area contributed by atoms with E-state index in [1.807, 2.05) is 19.0 Å². The highest BCUT2D eigenvalue weighted by atomic mass is 16.3. The summed E-state index contributed by atoms with van der Waals surface area (Å²) in [7, 11) is 3.76. The summed E-state index contributed by atoms with van der Waals surface area (Å²) >= 11 is 0. The molecule has 1 amide bonds. The van der Waals surface area contributed by atoms with Gasteiger partial charge in [-0.05, 0) is 26.9 Å². The van der Waals surface area contributed by atoms with Crippen LogP contribution in [0.4, 0.5) is 0 Å². The average Bonchev–Trinajstić information content (AvgIpc) is 2.17. The molecule has 0 heterocycles. The monoisotopic (exact) mass is 214 g/mol. The van der Waals surface area contributed by atoms with E-state index in [0.717, 1.165) is 19.3 Å². The molecule has 0 aromatic carbocycles. The smallest absolute Gasteiger partial charge is 0.234 e. The quantitative estimate of drug-likeness (QED) is 0.703. The van der Waals surface area contributed by atoms with Crippen LogP contribution in [0.15, 0.2) is 0 Å². The zero-order valence-electron chi connectivity index (χ0n) is 9.70. The molecule has 0 bridgehead atoms. The number of likely N-dealkylation sites (N-methyl/N-ethyl adjacent to an activating group) is 1. The Morgan fingerprint density at radius 3 is 2.67 bits per heavy atom. The van der Waals surface area contributed by atoms with Crippen LogP contribution in [0.5, 0.6) is 0 Å². The normalized spacial score (nSPS) is 26.7. The molecule has 0 aromatic rings. The lowest BCUT2D eigenvalue weighted by Crippen LogP contribution is -2.46. The van der Waals surface area contributed by atoms with Crippen molar-refractivity contribution >= 4 is 5.91 Å². The highest BCUT2D eigenvalue weighted by molar-refractivity contribution is 5.78. The molecule has 1 saturated carbocycles. The number of amides is 1. The summed E-state index contributed by atoms with van der Waals surface area (Å²) in [5.74, 6) is 0.315. The molecule has 15 heavy (non-hydrogen) atoms. The number of carbonyl (C=O) groups is 1. The molecule has 1 aliphatic rings. The van der Waals surface area contributed by atoms with Crippen molar-refractivity contribution in [3.63, 3.8) is 0 Å². The Bertz CT molecular complexity index is 207. The van der Waals surface area contributed by atoms with Crippen LogP contribution < -0.4 is 5.32 Å².